The SMILES string of the molecule is COc1ccc(C(O)=C2C(=O)C(=O)N(c3nc4ccc(F)cc4s3)[C@@H]2c2ccccc2OC)cc1. The summed E-state index contributed by atoms with van der Waals surface area (Å²) < 4.78 is 25.0. The summed E-state index contributed by atoms with van der Waals surface area (Å²) in [6.07, 6.45) is 0. The number of aliphatic hydroxyl groups is 1. The lowest BCUT2D eigenvalue weighted by atomic mass is 9.94. The van der Waals surface area contributed by atoms with Crippen molar-refractivity contribution in [3.63, 3.8) is 0 Å². The van der Waals surface area contributed by atoms with Crippen molar-refractivity contribution in [3.8, 4) is 11.5 Å². The van der Waals surface area contributed by atoms with Gasteiger partial charge in [0.25, 0.3) is 5.78 Å². The Morgan fingerprint density at radius 1 is 1.03 bits per heavy atom. The monoisotopic (exact) mass is 490 g/mol. The van der Waals surface area contributed by atoms with E-state index in [4.69, 9.17) is 9.47 Å². The van der Waals surface area contributed by atoms with Crippen LogP contribution >= 0.6 is 11.3 Å². The van der Waals surface area contributed by atoms with Crippen LogP contribution in [0.25, 0.3) is 16.0 Å². The molecule has 7 nitrogen and oxygen atoms in total. The molecule has 9 heteroatoms. The third-order valence-electron chi connectivity index (χ3n) is 5.79. The van der Waals surface area contributed by atoms with Crippen LogP contribution in [0.5, 0.6) is 11.5 Å². The molecule has 176 valence electrons. The number of aromatic nitrogens is 1. The average Bonchev–Trinajstić information content (AvgIpc) is 3.41. The van der Waals surface area contributed by atoms with Crippen molar-refractivity contribution in [1.82, 2.24) is 4.98 Å². The summed E-state index contributed by atoms with van der Waals surface area (Å²) in [6.45, 7) is 0. The molecule has 5 rings (SSSR count). The number of carbonyl (C=O) groups excluding carboxylic acids is 2. The number of fused-ring (bicyclic) bond motifs is 1. The van der Waals surface area contributed by atoms with Crippen molar-refractivity contribution in [2.24, 2.45) is 0 Å². The fraction of sp³-hybridized carbons (Fsp3) is 0.115. The number of Topliss-reactive ketones (excluding diaryl/α,β-unsaturated/α-hetero) is 1. The number of anilines is 1. The van der Waals surface area contributed by atoms with Crippen molar-refractivity contribution in [2.45, 2.75) is 6.04 Å². The predicted molar refractivity (Wildman–Crippen MR) is 130 cm³/mol. The lowest BCUT2D eigenvalue weighted by Gasteiger charge is -2.24. The minimum atomic E-state index is -1.02. The van der Waals surface area contributed by atoms with Gasteiger partial charge < -0.3 is 14.6 Å². The number of hydrogen-bond donors (Lipinski definition) is 1. The number of benzene rings is 3. The van der Waals surface area contributed by atoms with Gasteiger partial charge in [0.2, 0.25) is 0 Å². The topological polar surface area (TPSA) is 89.0 Å². The van der Waals surface area contributed by atoms with E-state index in [0.717, 1.165) is 11.3 Å². The summed E-state index contributed by atoms with van der Waals surface area (Å²) >= 11 is 1.08. The van der Waals surface area contributed by atoms with Crippen molar-refractivity contribution < 1.29 is 28.6 Å². The maximum absolute atomic E-state index is 13.8. The number of hydrogen-bond acceptors (Lipinski definition) is 7. The second kappa shape index (κ2) is 8.84. The van der Waals surface area contributed by atoms with Gasteiger partial charge in [0, 0.05) is 11.1 Å². The summed E-state index contributed by atoms with van der Waals surface area (Å²) in [4.78, 5) is 32.4. The molecule has 0 aliphatic carbocycles. The summed E-state index contributed by atoms with van der Waals surface area (Å²) in [5, 5.41) is 11.4. The lowest BCUT2D eigenvalue weighted by Crippen LogP contribution is -2.29. The second-order valence-corrected chi connectivity index (χ2v) is 8.76. The van der Waals surface area contributed by atoms with Crippen LogP contribution < -0.4 is 14.4 Å². The Kier molecular flexibility index (Phi) is 5.70. The zero-order chi connectivity index (χ0) is 24.7. The predicted octanol–water partition coefficient (Wildman–Crippen LogP) is 5.08. The van der Waals surface area contributed by atoms with Crippen molar-refractivity contribution in [1.29, 1.82) is 0 Å². The van der Waals surface area contributed by atoms with Gasteiger partial charge in [-0.1, -0.05) is 29.5 Å². The van der Waals surface area contributed by atoms with Crippen molar-refractivity contribution in [3.05, 3.63) is 89.2 Å². The lowest BCUT2D eigenvalue weighted by molar-refractivity contribution is -0.132. The highest BCUT2D eigenvalue weighted by Gasteiger charge is 2.49. The largest absolute Gasteiger partial charge is 0.507 e. The molecule has 0 spiro atoms. The Morgan fingerprint density at radius 2 is 1.77 bits per heavy atom. The molecule has 3 aromatic carbocycles. The Labute approximate surface area is 203 Å². The standard InChI is InChI=1S/C26H19FN2O5S/c1-33-16-10-7-14(8-11-16)23(30)21-22(17-5-3-4-6-19(17)34-2)29(25(32)24(21)31)26-28-18-12-9-15(27)13-20(18)35-26/h3-13,22,30H,1-2H3/t22-/m1/s1. The molecule has 2 heterocycles. The number of nitrogens with zero attached hydrogens (tertiary/aromatic N) is 2. The molecule has 1 aromatic heterocycles. The van der Waals surface area contributed by atoms with Gasteiger partial charge in [-0.25, -0.2) is 9.37 Å². The number of ketones is 1. The van der Waals surface area contributed by atoms with E-state index < -0.39 is 23.5 Å². The van der Waals surface area contributed by atoms with Crippen LogP contribution in [0, 0.1) is 5.82 Å². The number of thiazole rings is 1. The fourth-order valence-corrected chi connectivity index (χ4v) is 5.13. The molecular formula is C26H19FN2O5S. The minimum absolute atomic E-state index is 0.102. The minimum Gasteiger partial charge on any atom is -0.507 e. The van der Waals surface area contributed by atoms with Crippen molar-refractivity contribution in [2.75, 3.05) is 19.1 Å². The smallest absolute Gasteiger partial charge is 0.301 e. The highest BCUT2D eigenvalue weighted by Crippen LogP contribution is 2.46. The molecule has 1 aliphatic rings. The van der Waals surface area contributed by atoms with Crippen LogP contribution in [0.15, 0.2) is 72.3 Å². The molecule has 1 amide bonds. The van der Waals surface area contributed by atoms with Gasteiger partial charge in [-0.3, -0.25) is 14.5 Å². The number of ether oxygens (including phenoxy) is 2. The Bertz CT molecular complexity index is 1500. The normalized spacial score (nSPS) is 17.2. The quantitative estimate of drug-likeness (QED) is 0.239. The van der Waals surface area contributed by atoms with Gasteiger partial charge in [-0.2, -0.15) is 0 Å². The molecule has 1 aliphatic heterocycles. The summed E-state index contributed by atoms with van der Waals surface area (Å²) in [5.74, 6) is -1.48. The van der Waals surface area contributed by atoms with Gasteiger partial charge >= 0.3 is 5.91 Å². The van der Waals surface area contributed by atoms with E-state index in [1.807, 2.05) is 0 Å². The van der Waals surface area contributed by atoms with E-state index in [-0.39, 0.29) is 16.5 Å². The first-order valence-electron chi connectivity index (χ1n) is 10.6. The van der Waals surface area contributed by atoms with Gasteiger partial charge in [-0.15, -0.1) is 0 Å². The van der Waals surface area contributed by atoms with Gasteiger partial charge in [0.15, 0.2) is 5.13 Å². The van der Waals surface area contributed by atoms with E-state index in [2.05, 4.69) is 4.98 Å². The molecule has 35 heavy (non-hydrogen) atoms. The number of aliphatic hydroxyl groups excluding tert-OH is 1. The van der Waals surface area contributed by atoms with Gasteiger partial charge in [-0.05, 0) is 48.5 Å². The molecular weight excluding hydrogens is 471 g/mol. The Hall–Kier alpha value is -4.24. The molecule has 4 aromatic rings. The maximum Gasteiger partial charge on any atom is 0.301 e. The number of carbonyl (C=O) groups is 2. The highest BCUT2D eigenvalue weighted by atomic mass is 32.1. The number of amides is 1. The summed E-state index contributed by atoms with van der Waals surface area (Å²) in [6, 6.07) is 16.5. The first-order chi connectivity index (χ1) is 16.9. The number of halogens is 1. The van der Waals surface area contributed by atoms with E-state index in [1.165, 1.54) is 37.3 Å². The zero-order valence-corrected chi connectivity index (χ0v) is 19.5. The van der Waals surface area contributed by atoms with Crippen LogP contribution in [-0.2, 0) is 9.59 Å². The van der Waals surface area contributed by atoms with Crippen LogP contribution in [0.1, 0.15) is 17.2 Å². The van der Waals surface area contributed by atoms with Crippen molar-refractivity contribution >= 4 is 44.1 Å². The molecule has 0 radical (unpaired) electrons. The molecule has 1 N–H and O–H groups in total. The third kappa shape index (κ3) is 3.79. The third-order valence-corrected chi connectivity index (χ3v) is 6.80. The van der Waals surface area contributed by atoms with E-state index in [1.54, 1.807) is 48.5 Å². The first kappa shape index (κ1) is 22.5. The van der Waals surface area contributed by atoms with Crippen LogP contribution in [-0.4, -0.2) is 36.0 Å². The molecule has 0 saturated carbocycles. The van der Waals surface area contributed by atoms with Crippen LogP contribution in [0.2, 0.25) is 0 Å². The second-order valence-electron chi connectivity index (χ2n) is 7.75. The molecule has 1 fully saturated rings. The maximum atomic E-state index is 13.8. The average molecular weight is 491 g/mol. The molecule has 0 unspecified atom stereocenters. The fourth-order valence-electron chi connectivity index (χ4n) is 4.11. The number of rotatable bonds is 5. The molecule has 1 atom stereocenters. The number of para-hydroxylation sites is 1. The summed E-state index contributed by atoms with van der Waals surface area (Å²) in [7, 11) is 3.00. The van der Waals surface area contributed by atoms with E-state index >= 15 is 0 Å². The first-order valence-corrected chi connectivity index (χ1v) is 11.4. The highest BCUT2D eigenvalue weighted by molar-refractivity contribution is 7.22. The zero-order valence-electron chi connectivity index (χ0n) is 18.7. The molecule has 1 saturated heterocycles. The summed E-state index contributed by atoms with van der Waals surface area (Å²) in [5.41, 5.74) is 1.22. The van der Waals surface area contributed by atoms with Crippen LogP contribution in [0.4, 0.5) is 9.52 Å². The van der Waals surface area contributed by atoms with Gasteiger partial charge in [0.05, 0.1) is 30.0 Å². The van der Waals surface area contributed by atoms with E-state index in [9.17, 15) is 19.1 Å². The van der Waals surface area contributed by atoms with E-state index in [0.29, 0.717) is 32.8 Å². The Balaban J connectivity index is 1.74. The Morgan fingerprint density at radius 3 is 2.49 bits per heavy atom. The molecule has 0 bridgehead atoms. The van der Waals surface area contributed by atoms with Gasteiger partial charge in [0.1, 0.15) is 29.1 Å². The number of methoxy groups -OCH3 is 2. The van der Waals surface area contributed by atoms with Crippen LogP contribution in [0.3, 0.4) is 0 Å².